The van der Waals surface area contributed by atoms with Crippen molar-refractivity contribution in [3.63, 3.8) is 0 Å². The third kappa shape index (κ3) is 2.05. The van der Waals surface area contributed by atoms with Crippen LogP contribution in [0, 0.1) is 0 Å². The second-order valence-electron chi connectivity index (χ2n) is 4.28. The molecule has 1 aromatic carbocycles. The minimum absolute atomic E-state index is 0.0329. The van der Waals surface area contributed by atoms with E-state index in [9.17, 15) is 4.79 Å². The summed E-state index contributed by atoms with van der Waals surface area (Å²) in [5, 5.41) is 4.18. The summed E-state index contributed by atoms with van der Waals surface area (Å²) in [7, 11) is 0. The second kappa shape index (κ2) is 4.45. The first-order valence-electron chi connectivity index (χ1n) is 5.79. The van der Waals surface area contributed by atoms with E-state index in [0.717, 1.165) is 34.4 Å². The molecule has 1 atom stereocenters. The van der Waals surface area contributed by atoms with Crippen LogP contribution < -0.4 is 5.32 Å². The Balaban J connectivity index is 1.87. The van der Waals surface area contributed by atoms with Crippen molar-refractivity contribution in [2.45, 2.75) is 12.5 Å². The van der Waals surface area contributed by atoms with Crippen molar-refractivity contribution >= 4 is 28.6 Å². The van der Waals surface area contributed by atoms with Gasteiger partial charge in [0.1, 0.15) is 0 Å². The highest BCUT2D eigenvalue weighted by Gasteiger charge is 2.19. The number of hydrogen-bond donors (Lipinski definition) is 2. The highest BCUT2D eigenvalue weighted by molar-refractivity contribution is 7.99. The average molecular weight is 246 g/mol. The summed E-state index contributed by atoms with van der Waals surface area (Å²) in [6.07, 6.45) is 2.95. The summed E-state index contributed by atoms with van der Waals surface area (Å²) in [4.78, 5) is 15.3. The van der Waals surface area contributed by atoms with E-state index in [0.29, 0.717) is 6.04 Å². The van der Waals surface area contributed by atoms with Crippen molar-refractivity contribution in [3.05, 3.63) is 36.0 Å². The van der Waals surface area contributed by atoms with Crippen LogP contribution in [0.1, 0.15) is 16.8 Å². The smallest absolute Gasteiger partial charge is 0.253 e. The van der Waals surface area contributed by atoms with Crippen molar-refractivity contribution in [1.29, 1.82) is 0 Å². The normalized spacial score (nSPS) is 19.6. The molecule has 2 aromatic rings. The van der Waals surface area contributed by atoms with E-state index in [4.69, 9.17) is 0 Å². The number of fused-ring (bicyclic) bond motifs is 1. The molecule has 1 aromatic heterocycles. The molecule has 2 heterocycles. The SMILES string of the molecule is O=C(NC1CCSC1)c1cccc2cc[nH]c12. The van der Waals surface area contributed by atoms with Gasteiger partial charge < -0.3 is 10.3 Å². The topological polar surface area (TPSA) is 44.9 Å². The number of hydrogen-bond acceptors (Lipinski definition) is 2. The van der Waals surface area contributed by atoms with Crippen LogP contribution in [0.15, 0.2) is 30.5 Å². The Kier molecular flexibility index (Phi) is 2.81. The largest absolute Gasteiger partial charge is 0.361 e. The standard InChI is InChI=1S/C13H14N2OS/c16-13(15-10-5-7-17-8-10)11-3-1-2-9-4-6-14-12(9)11/h1-4,6,10,14H,5,7-8H2,(H,15,16). The number of para-hydroxylation sites is 1. The second-order valence-corrected chi connectivity index (χ2v) is 5.43. The third-order valence-corrected chi connectivity index (χ3v) is 4.26. The zero-order valence-corrected chi connectivity index (χ0v) is 10.2. The number of amides is 1. The molecule has 1 aliphatic heterocycles. The number of carbonyl (C=O) groups is 1. The van der Waals surface area contributed by atoms with Crippen molar-refractivity contribution in [1.82, 2.24) is 10.3 Å². The van der Waals surface area contributed by atoms with Gasteiger partial charge >= 0.3 is 0 Å². The fourth-order valence-corrected chi connectivity index (χ4v) is 3.34. The molecule has 0 spiro atoms. The molecule has 2 N–H and O–H groups in total. The lowest BCUT2D eigenvalue weighted by molar-refractivity contribution is 0.0942. The Morgan fingerprint density at radius 3 is 3.18 bits per heavy atom. The molecule has 3 nitrogen and oxygen atoms in total. The molecule has 17 heavy (non-hydrogen) atoms. The molecule has 1 fully saturated rings. The Bertz CT molecular complexity index is 543. The molecule has 1 unspecified atom stereocenters. The molecular weight excluding hydrogens is 232 g/mol. The first-order chi connectivity index (χ1) is 8.34. The highest BCUT2D eigenvalue weighted by atomic mass is 32.2. The van der Waals surface area contributed by atoms with E-state index in [1.165, 1.54) is 0 Å². The summed E-state index contributed by atoms with van der Waals surface area (Å²) >= 11 is 1.90. The van der Waals surface area contributed by atoms with E-state index in [1.807, 2.05) is 42.2 Å². The van der Waals surface area contributed by atoms with Crippen molar-refractivity contribution in [2.75, 3.05) is 11.5 Å². The van der Waals surface area contributed by atoms with Gasteiger partial charge in [-0.25, -0.2) is 0 Å². The quantitative estimate of drug-likeness (QED) is 0.854. The van der Waals surface area contributed by atoms with Crippen LogP contribution in [0.3, 0.4) is 0 Å². The van der Waals surface area contributed by atoms with E-state index in [1.54, 1.807) is 0 Å². The Labute approximate surface area is 104 Å². The summed E-state index contributed by atoms with van der Waals surface area (Å²) in [6, 6.07) is 8.12. The van der Waals surface area contributed by atoms with Gasteiger partial charge in [-0.05, 0) is 24.3 Å². The summed E-state index contributed by atoms with van der Waals surface area (Å²) in [6.45, 7) is 0. The Morgan fingerprint density at radius 2 is 2.35 bits per heavy atom. The predicted octanol–water partition coefficient (Wildman–Crippen LogP) is 2.40. The lowest BCUT2D eigenvalue weighted by Crippen LogP contribution is -2.34. The molecule has 0 aliphatic carbocycles. The van der Waals surface area contributed by atoms with Gasteiger partial charge in [0.15, 0.2) is 0 Å². The molecule has 0 saturated carbocycles. The van der Waals surface area contributed by atoms with E-state index in [-0.39, 0.29) is 5.91 Å². The maximum absolute atomic E-state index is 12.2. The molecule has 4 heteroatoms. The zero-order chi connectivity index (χ0) is 11.7. The maximum atomic E-state index is 12.2. The van der Waals surface area contributed by atoms with Gasteiger partial charge in [0.25, 0.3) is 5.91 Å². The van der Waals surface area contributed by atoms with Crippen molar-refractivity contribution < 1.29 is 4.79 Å². The van der Waals surface area contributed by atoms with Crippen LogP contribution in [-0.4, -0.2) is 28.4 Å². The van der Waals surface area contributed by atoms with E-state index < -0.39 is 0 Å². The average Bonchev–Trinajstić information content (AvgIpc) is 2.97. The number of nitrogens with one attached hydrogen (secondary N) is 2. The van der Waals surface area contributed by atoms with Gasteiger partial charge in [-0.15, -0.1) is 0 Å². The zero-order valence-electron chi connectivity index (χ0n) is 9.40. The molecule has 3 rings (SSSR count). The van der Waals surface area contributed by atoms with Gasteiger partial charge in [0.05, 0.1) is 11.1 Å². The van der Waals surface area contributed by atoms with Gasteiger partial charge in [0.2, 0.25) is 0 Å². The third-order valence-electron chi connectivity index (χ3n) is 3.10. The van der Waals surface area contributed by atoms with Gasteiger partial charge in [-0.3, -0.25) is 4.79 Å². The monoisotopic (exact) mass is 246 g/mol. The molecule has 88 valence electrons. The van der Waals surface area contributed by atoms with Crippen LogP contribution >= 0.6 is 11.8 Å². The minimum atomic E-state index is 0.0329. The van der Waals surface area contributed by atoms with Crippen molar-refractivity contribution in [3.8, 4) is 0 Å². The van der Waals surface area contributed by atoms with Crippen molar-refractivity contribution in [2.24, 2.45) is 0 Å². The van der Waals surface area contributed by atoms with Crippen LogP contribution in [0.5, 0.6) is 0 Å². The minimum Gasteiger partial charge on any atom is -0.361 e. The number of thioether (sulfide) groups is 1. The number of H-pyrrole nitrogens is 1. The molecular formula is C13H14N2OS. The van der Waals surface area contributed by atoms with Crippen LogP contribution in [0.25, 0.3) is 10.9 Å². The van der Waals surface area contributed by atoms with Gasteiger partial charge in [0, 0.05) is 23.4 Å². The molecule has 1 amide bonds. The van der Waals surface area contributed by atoms with Gasteiger partial charge in [-0.1, -0.05) is 12.1 Å². The Hall–Kier alpha value is -1.42. The van der Waals surface area contributed by atoms with E-state index in [2.05, 4.69) is 10.3 Å². The summed E-state index contributed by atoms with van der Waals surface area (Å²) in [5.74, 6) is 2.22. The fourth-order valence-electron chi connectivity index (χ4n) is 2.19. The first kappa shape index (κ1) is 10.7. The van der Waals surface area contributed by atoms with Crippen LogP contribution in [0.2, 0.25) is 0 Å². The molecule has 0 radical (unpaired) electrons. The molecule has 1 saturated heterocycles. The number of aromatic amines is 1. The summed E-state index contributed by atoms with van der Waals surface area (Å²) < 4.78 is 0. The number of aromatic nitrogens is 1. The maximum Gasteiger partial charge on any atom is 0.253 e. The molecule has 0 bridgehead atoms. The predicted molar refractivity (Wildman–Crippen MR) is 71.5 cm³/mol. The number of rotatable bonds is 2. The lowest BCUT2D eigenvalue weighted by atomic mass is 10.1. The first-order valence-corrected chi connectivity index (χ1v) is 6.95. The molecule has 1 aliphatic rings. The lowest BCUT2D eigenvalue weighted by Gasteiger charge is -2.11. The fraction of sp³-hybridized carbons (Fsp3) is 0.308. The Morgan fingerprint density at radius 1 is 1.41 bits per heavy atom. The van der Waals surface area contributed by atoms with Gasteiger partial charge in [-0.2, -0.15) is 11.8 Å². The van der Waals surface area contributed by atoms with E-state index >= 15 is 0 Å². The van der Waals surface area contributed by atoms with Crippen LogP contribution in [-0.2, 0) is 0 Å². The number of benzene rings is 1. The number of carbonyl (C=O) groups excluding carboxylic acids is 1. The van der Waals surface area contributed by atoms with Crippen LogP contribution in [0.4, 0.5) is 0 Å². The summed E-state index contributed by atoms with van der Waals surface area (Å²) in [5.41, 5.74) is 1.67. The highest BCUT2D eigenvalue weighted by Crippen LogP contribution is 2.20.